The Morgan fingerprint density at radius 2 is 2.14 bits per heavy atom. The van der Waals surface area contributed by atoms with E-state index in [-0.39, 0.29) is 5.92 Å². The maximum atomic E-state index is 12.1. The topological polar surface area (TPSA) is 120 Å². The van der Waals surface area contributed by atoms with E-state index in [1.165, 1.54) is 0 Å². The largest absolute Gasteiger partial charge is 0.344 e. The summed E-state index contributed by atoms with van der Waals surface area (Å²) >= 11 is 0. The van der Waals surface area contributed by atoms with Crippen molar-refractivity contribution in [2.24, 2.45) is 16.1 Å². The van der Waals surface area contributed by atoms with Gasteiger partial charge < -0.3 is 4.57 Å². The van der Waals surface area contributed by atoms with Gasteiger partial charge in [0.15, 0.2) is 0 Å². The third-order valence-electron chi connectivity index (χ3n) is 3.75. The normalized spacial score (nSPS) is 16.1. The van der Waals surface area contributed by atoms with Crippen LogP contribution in [0.25, 0.3) is 31.8 Å². The smallest absolute Gasteiger partial charge is 0.251 e. The zero-order valence-corrected chi connectivity index (χ0v) is 11.0. The van der Waals surface area contributed by atoms with E-state index in [4.69, 9.17) is 11.1 Å². The van der Waals surface area contributed by atoms with E-state index in [9.17, 15) is 4.79 Å². The van der Waals surface area contributed by atoms with Crippen LogP contribution < -0.4 is 0 Å². The van der Waals surface area contributed by atoms with Crippen LogP contribution in [0.2, 0.25) is 0 Å². The Bertz CT molecular complexity index is 824. The molecule has 1 aromatic heterocycles. The Balaban J connectivity index is 2.14. The number of nitrogens with zero attached hydrogens (tertiary/aromatic N) is 7. The molecule has 0 bridgehead atoms. The van der Waals surface area contributed by atoms with Crippen LogP contribution in [0.4, 0.5) is 0 Å². The van der Waals surface area contributed by atoms with Gasteiger partial charge in [0.2, 0.25) is 0 Å². The van der Waals surface area contributed by atoms with Gasteiger partial charge in [-0.3, -0.25) is 4.79 Å². The fourth-order valence-electron chi connectivity index (χ4n) is 2.98. The number of azide groups is 2. The van der Waals surface area contributed by atoms with Gasteiger partial charge in [0.25, 0.3) is 5.91 Å². The quantitative estimate of drug-likeness (QED) is 0.476. The molecule has 104 valence electrons. The molecule has 0 radical (unpaired) electrons. The number of amides is 1. The lowest BCUT2D eigenvalue weighted by atomic mass is 10.0. The van der Waals surface area contributed by atoms with Crippen LogP contribution >= 0.6 is 0 Å². The molecule has 1 aliphatic heterocycles. The molecular weight excluding hydrogens is 270 g/mol. The van der Waals surface area contributed by atoms with Crippen molar-refractivity contribution in [3.63, 3.8) is 0 Å². The molecule has 0 aliphatic carbocycles. The lowest BCUT2D eigenvalue weighted by Crippen LogP contribution is -2.06. The Morgan fingerprint density at radius 3 is 2.90 bits per heavy atom. The summed E-state index contributed by atoms with van der Waals surface area (Å²) < 4.78 is 2.05. The monoisotopic (exact) mass is 281 g/mol. The molecule has 1 unspecified atom stereocenters. The van der Waals surface area contributed by atoms with Gasteiger partial charge in [0.1, 0.15) is 0 Å². The summed E-state index contributed by atoms with van der Waals surface area (Å²) in [5.41, 5.74) is 19.2. The molecule has 8 nitrogen and oxygen atoms in total. The van der Waals surface area contributed by atoms with E-state index in [1.54, 1.807) is 0 Å². The van der Waals surface area contributed by atoms with E-state index >= 15 is 0 Å². The molecule has 0 saturated heterocycles. The van der Waals surface area contributed by atoms with Gasteiger partial charge in [-0.1, -0.05) is 23.3 Å². The van der Waals surface area contributed by atoms with Crippen molar-refractivity contribution >= 4 is 16.8 Å². The Kier molecular flexibility index (Phi) is 3.23. The van der Waals surface area contributed by atoms with Gasteiger partial charge in [-0.2, -0.15) is 0 Å². The average molecular weight is 281 g/mol. The van der Waals surface area contributed by atoms with Gasteiger partial charge in [-0.15, -0.1) is 0 Å². The van der Waals surface area contributed by atoms with Gasteiger partial charge in [0.05, 0.1) is 5.56 Å². The summed E-state index contributed by atoms with van der Waals surface area (Å²) in [6.07, 6.45) is 0.635. The summed E-state index contributed by atoms with van der Waals surface area (Å²) in [7, 11) is 0. The summed E-state index contributed by atoms with van der Waals surface area (Å²) in [4.78, 5) is 17.5. The van der Waals surface area contributed by atoms with Crippen molar-refractivity contribution in [1.29, 1.82) is 0 Å². The maximum absolute atomic E-state index is 12.1. The van der Waals surface area contributed by atoms with Crippen LogP contribution in [0.1, 0.15) is 16.1 Å². The van der Waals surface area contributed by atoms with Crippen molar-refractivity contribution in [3.8, 4) is 0 Å². The molecule has 21 heavy (non-hydrogen) atoms. The standard InChI is InChI=1S/C13H11N7O/c14-18-16-6-8-5-11-12(13(21)17-19-15)9-3-1-2-4-10(9)20(11)7-8/h1-4,8H,5-7H2. The van der Waals surface area contributed by atoms with Crippen molar-refractivity contribution in [2.45, 2.75) is 13.0 Å². The highest BCUT2D eigenvalue weighted by atomic mass is 16.1. The predicted octanol–water partition coefficient (Wildman–Crippen LogP) is 3.57. The first kappa shape index (κ1) is 13.1. The van der Waals surface area contributed by atoms with E-state index in [0.29, 0.717) is 25.1 Å². The zero-order chi connectivity index (χ0) is 14.8. The minimum Gasteiger partial charge on any atom is -0.344 e. The molecule has 2 aromatic rings. The van der Waals surface area contributed by atoms with Crippen LogP contribution in [0.3, 0.4) is 0 Å². The minimum absolute atomic E-state index is 0.165. The van der Waals surface area contributed by atoms with Gasteiger partial charge in [0, 0.05) is 39.5 Å². The van der Waals surface area contributed by atoms with Crippen molar-refractivity contribution in [2.75, 3.05) is 6.54 Å². The lowest BCUT2D eigenvalue weighted by Gasteiger charge is -2.05. The molecule has 1 amide bonds. The maximum Gasteiger partial charge on any atom is 0.251 e. The molecule has 8 heteroatoms. The second-order valence-electron chi connectivity index (χ2n) is 4.93. The molecule has 1 atom stereocenters. The van der Waals surface area contributed by atoms with Gasteiger partial charge >= 0.3 is 0 Å². The number of para-hydroxylation sites is 1. The van der Waals surface area contributed by atoms with Gasteiger partial charge in [-0.05, 0) is 34.6 Å². The third kappa shape index (κ3) is 2.08. The van der Waals surface area contributed by atoms with E-state index in [2.05, 4.69) is 20.1 Å². The first-order valence-electron chi connectivity index (χ1n) is 6.46. The summed E-state index contributed by atoms with van der Waals surface area (Å²) in [5.74, 6) is -0.398. The molecule has 2 heterocycles. The number of carbonyl (C=O) groups is 1. The van der Waals surface area contributed by atoms with E-state index < -0.39 is 5.91 Å². The number of fused-ring (bicyclic) bond motifs is 3. The Hall–Kier alpha value is -2.95. The van der Waals surface area contributed by atoms with Gasteiger partial charge in [-0.25, -0.2) is 0 Å². The molecule has 0 saturated carbocycles. The number of rotatable bonds is 3. The van der Waals surface area contributed by atoms with Crippen LogP contribution in [0.15, 0.2) is 34.5 Å². The molecular formula is C13H11N7O. The highest BCUT2D eigenvalue weighted by molar-refractivity contribution is 6.09. The Morgan fingerprint density at radius 1 is 1.33 bits per heavy atom. The molecule has 0 fully saturated rings. The fourth-order valence-corrected chi connectivity index (χ4v) is 2.98. The summed E-state index contributed by atoms with van der Waals surface area (Å²) in [5, 5.41) is 7.63. The average Bonchev–Trinajstić information content (AvgIpc) is 3.01. The van der Waals surface area contributed by atoms with Crippen molar-refractivity contribution < 1.29 is 4.79 Å². The number of aromatic nitrogens is 1. The highest BCUT2D eigenvalue weighted by Crippen LogP contribution is 2.34. The van der Waals surface area contributed by atoms with Crippen molar-refractivity contribution in [3.05, 3.63) is 56.4 Å². The van der Waals surface area contributed by atoms with E-state index in [0.717, 1.165) is 16.6 Å². The lowest BCUT2D eigenvalue weighted by molar-refractivity contribution is 0.100. The minimum atomic E-state index is -0.563. The Labute approximate surface area is 119 Å². The number of benzene rings is 1. The SMILES string of the molecule is [N-]=[N+]=NCC1Cc2c(C(=O)N=[N+]=[N-])c3ccccc3n2C1. The van der Waals surface area contributed by atoms with E-state index in [1.807, 2.05) is 28.8 Å². The van der Waals surface area contributed by atoms with Crippen LogP contribution in [-0.2, 0) is 13.0 Å². The summed E-state index contributed by atoms with van der Waals surface area (Å²) in [6, 6.07) is 7.53. The van der Waals surface area contributed by atoms with Crippen LogP contribution in [0.5, 0.6) is 0 Å². The molecule has 1 aromatic carbocycles. The second kappa shape index (κ2) is 5.20. The molecule has 1 aliphatic rings. The third-order valence-corrected chi connectivity index (χ3v) is 3.75. The number of carbonyl (C=O) groups excluding carboxylic acids is 1. The summed E-state index contributed by atoms with van der Waals surface area (Å²) in [6.45, 7) is 1.08. The second-order valence-corrected chi connectivity index (χ2v) is 4.93. The highest BCUT2D eigenvalue weighted by Gasteiger charge is 2.29. The zero-order valence-electron chi connectivity index (χ0n) is 11.0. The fraction of sp³-hybridized carbons (Fsp3) is 0.308. The molecule has 0 spiro atoms. The predicted molar refractivity (Wildman–Crippen MR) is 76.6 cm³/mol. The van der Waals surface area contributed by atoms with Crippen molar-refractivity contribution in [1.82, 2.24) is 4.57 Å². The van der Waals surface area contributed by atoms with Crippen LogP contribution in [0, 0.1) is 5.92 Å². The molecule has 3 rings (SSSR count). The number of hydrogen-bond acceptors (Lipinski definition) is 2. The number of hydrogen-bond donors (Lipinski definition) is 0. The van der Waals surface area contributed by atoms with Crippen LogP contribution in [-0.4, -0.2) is 17.0 Å². The first-order valence-corrected chi connectivity index (χ1v) is 6.46. The first-order chi connectivity index (χ1) is 10.3. The molecule has 0 N–H and O–H groups in total.